The molecule has 0 aromatic carbocycles. The predicted octanol–water partition coefficient (Wildman–Crippen LogP) is -0.815. The number of rotatable bonds is 1. The molecule has 0 bridgehead atoms. The van der Waals surface area contributed by atoms with Crippen LogP contribution < -0.4 is 10.6 Å². The molecule has 0 aliphatic carbocycles. The molecule has 2 aliphatic rings. The van der Waals surface area contributed by atoms with Crippen LogP contribution in [0.5, 0.6) is 0 Å². The maximum absolute atomic E-state index is 11.8. The summed E-state index contributed by atoms with van der Waals surface area (Å²) in [7, 11) is 0. The highest BCUT2D eigenvalue weighted by molar-refractivity contribution is 5.82. The van der Waals surface area contributed by atoms with Crippen LogP contribution in [-0.2, 0) is 4.79 Å². The smallest absolute Gasteiger partial charge is 0.239 e. The average Bonchev–Trinajstić information content (AvgIpc) is 2.71. The number of amides is 1. The summed E-state index contributed by atoms with van der Waals surface area (Å²) in [5, 5.41) is 7.45. The zero-order chi connectivity index (χ0) is 9.10. The topological polar surface area (TPSA) is 46.4 Å². The van der Waals surface area contributed by atoms with E-state index in [1.54, 1.807) is 0 Å². The first-order valence-corrected chi connectivity index (χ1v) is 5.03. The molecular formula is C9H16N3O. The fourth-order valence-corrected chi connectivity index (χ4v) is 1.94. The fraction of sp³-hybridized carbons (Fsp3) is 0.889. The number of hydrogen-bond donors (Lipinski definition) is 1. The van der Waals surface area contributed by atoms with Gasteiger partial charge in [0.1, 0.15) is 0 Å². The van der Waals surface area contributed by atoms with Gasteiger partial charge in [0, 0.05) is 26.2 Å². The van der Waals surface area contributed by atoms with Crippen LogP contribution in [0, 0.1) is 0 Å². The molecule has 0 unspecified atom stereocenters. The van der Waals surface area contributed by atoms with E-state index in [9.17, 15) is 4.79 Å². The quantitative estimate of drug-likeness (QED) is 0.576. The van der Waals surface area contributed by atoms with Gasteiger partial charge in [0.15, 0.2) is 0 Å². The molecule has 2 rings (SSSR count). The lowest BCUT2D eigenvalue weighted by molar-refractivity contribution is -0.133. The van der Waals surface area contributed by atoms with Gasteiger partial charge in [-0.05, 0) is 19.4 Å². The maximum atomic E-state index is 11.8. The Morgan fingerprint density at radius 3 is 2.77 bits per heavy atom. The zero-order valence-electron chi connectivity index (χ0n) is 7.83. The molecule has 73 valence electrons. The van der Waals surface area contributed by atoms with E-state index < -0.39 is 0 Å². The van der Waals surface area contributed by atoms with Crippen molar-refractivity contribution in [3.05, 3.63) is 0 Å². The van der Waals surface area contributed by atoms with Gasteiger partial charge < -0.3 is 10.2 Å². The van der Waals surface area contributed by atoms with Crippen LogP contribution in [0.3, 0.4) is 0 Å². The van der Waals surface area contributed by atoms with E-state index in [0.29, 0.717) is 0 Å². The van der Waals surface area contributed by atoms with Crippen molar-refractivity contribution in [2.24, 2.45) is 0 Å². The lowest BCUT2D eigenvalue weighted by atomic mass is 10.2. The number of nitrogens with zero attached hydrogens (tertiary/aromatic N) is 2. The molecular weight excluding hydrogens is 166 g/mol. The summed E-state index contributed by atoms with van der Waals surface area (Å²) >= 11 is 0. The molecule has 0 spiro atoms. The van der Waals surface area contributed by atoms with Crippen molar-refractivity contribution in [2.45, 2.75) is 18.9 Å². The standard InChI is InChI=1S/C9H16N3O/c13-9(8-2-1-3-11-8)12-6-4-10-5-7-12/h8,11H,1-7H2/t8-/m0/s1. The number of hydrogen-bond acceptors (Lipinski definition) is 2. The minimum atomic E-state index is 0.0955. The second-order valence-corrected chi connectivity index (χ2v) is 3.65. The summed E-state index contributed by atoms with van der Waals surface area (Å²) in [5.74, 6) is 0.285. The molecule has 2 fully saturated rings. The summed E-state index contributed by atoms with van der Waals surface area (Å²) in [6, 6.07) is 0.0955. The molecule has 0 aromatic heterocycles. The van der Waals surface area contributed by atoms with Crippen LogP contribution in [-0.4, -0.2) is 49.6 Å². The molecule has 1 radical (unpaired) electrons. The third-order valence-corrected chi connectivity index (χ3v) is 2.73. The van der Waals surface area contributed by atoms with Gasteiger partial charge >= 0.3 is 0 Å². The summed E-state index contributed by atoms with van der Waals surface area (Å²) in [4.78, 5) is 13.8. The highest BCUT2D eigenvalue weighted by atomic mass is 16.2. The summed E-state index contributed by atoms with van der Waals surface area (Å²) in [5.41, 5.74) is 0. The van der Waals surface area contributed by atoms with Gasteiger partial charge in [-0.3, -0.25) is 4.79 Å². The molecule has 1 N–H and O–H groups in total. The van der Waals surface area contributed by atoms with Crippen molar-refractivity contribution in [3.8, 4) is 0 Å². The van der Waals surface area contributed by atoms with E-state index in [0.717, 1.165) is 45.6 Å². The number of piperazine rings is 1. The van der Waals surface area contributed by atoms with E-state index in [4.69, 9.17) is 0 Å². The Morgan fingerprint density at radius 1 is 1.38 bits per heavy atom. The Bertz CT molecular complexity index is 183. The third kappa shape index (κ3) is 2.00. The van der Waals surface area contributed by atoms with Crippen molar-refractivity contribution in [1.82, 2.24) is 15.5 Å². The zero-order valence-corrected chi connectivity index (χ0v) is 7.83. The first-order valence-electron chi connectivity index (χ1n) is 5.03. The predicted molar refractivity (Wildman–Crippen MR) is 49.5 cm³/mol. The Hall–Kier alpha value is -0.610. The molecule has 2 heterocycles. The van der Waals surface area contributed by atoms with Gasteiger partial charge in [-0.1, -0.05) is 0 Å². The van der Waals surface area contributed by atoms with Crippen LogP contribution in [0.1, 0.15) is 12.8 Å². The van der Waals surface area contributed by atoms with Gasteiger partial charge in [0.25, 0.3) is 0 Å². The van der Waals surface area contributed by atoms with E-state index in [2.05, 4.69) is 10.6 Å². The molecule has 2 aliphatic heterocycles. The molecule has 4 nitrogen and oxygen atoms in total. The fourth-order valence-electron chi connectivity index (χ4n) is 1.94. The second-order valence-electron chi connectivity index (χ2n) is 3.65. The van der Waals surface area contributed by atoms with Crippen molar-refractivity contribution < 1.29 is 4.79 Å². The minimum absolute atomic E-state index is 0.0955. The first-order chi connectivity index (χ1) is 6.38. The number of carbonyl (C=O) groups excluding carboxylic acids is 1. The van der Waals surface area contributed by atoms with Gasteiger partial charge in [0.05, 0.1) is 6.04 Å². The van der Waals surface area contributed by atoms with Gasteiger partial charge in [-0.15, -0.1) is 0 Å². The first kappa shape index (κ1) is 8.97. The van der Waals surface area contributed by atoms with Gasteiger partial charge in [-0.25, -0.2) is 5.32 Å². The summed E-state index contributed by atoms with van der Waals surface area (Å²) in [6.45, 7) is 4.26. The third-order valence-electron chi connectivity index (χ3n) is 2.73. The maximum Gasteiger partial charge on any atom is 0.239 e. The Balaban J connectivity index is 1.87. The van der Waals surface area contributed by atoms with Crippen molar-refractivity contribution in [1.29, 1.82) is 0 Å². The van der Waals surface area contributed by atoms with Crippen LogP contribution in [0.15, 0.2) is 0 Å². The Morgan fingerprint density at radius 2 is 2.15 bits per heavy atom. The molecule has 1 amide bonds. The second kappa shape index (κ2) is 4.07. The largest absolute Gasteiger partial charge is 0.339 e. The molecule has 13 heavy (non-hydrogen) atoms. The summed E-state index contributed by atoms with van der Waals surface area (Å²) < 4.78 is 0. The van der Waals surface area contributed by atoms with Crippen LogP contribution in [0.25, 0.3) is 0 Å². The van der Waals surface area contributed by atoms with E-state index in [-0.39, 0.29) is 11.9 Å². The van der Waals surface area contributed by atoms with Crippen molar-refractivity contribution in [2.75, 3.05) is 32.7 Å². The van der Waals surface area contributed by atoms with E-state index >= 15 is 0 Å². The lowest BCUT2D eigenvalue weighted by Crippen LogP contribution is -2.50. The highest BCUT2D eigenvalue weighted by Crippen LogP contribution is 2.09. The van der Waals surface area contributed by atoms with E-state index in [1.165, 1.54) is 0 Å². The number of carbonyl (C=O) groups is 1. The monoisotopic (exact) mass is 182 g/mol. The highest BCUT2D eigenvalue weighted by Gasteiger charge is 2.27. The molecule has 0 aromatic rings. The van der Waals surface area contributed by atoms with Gasteiger partial charge in [0.2, 0.25) is 5.91 Å². The van der Waals surface area contributed by atoms with E-state index in [1.807, 2.05) is 4.90 Å². The normalized spacial score (nSPS) is 29.2. The van der Waals surface area contributed by atoms with Crippen LogP contribution in [0.4, 0.5) is 0 Å². The van der Waals surface area contributed by atoms with Crippen molar-refractivity contribution >= 4 is 5.91 Å². The molecule has 4 heteroatoms. The van der Waals surface area contributed by atoms with Crippen LogP contribution >= 0.6 is 0 Å². The molecule has 1 atom stereocenters. The SMILES string of the molecule is O=C([C@@H]1CCCN1)N1CC[N]CC1. The van der Waals surface area contributed by atoms with Gasteiger partial charge in [-0.2, -0.15) is 0 Å². The Labute approximate surface area is 78.7 Å². The minimum Gasteiger partial charge on any atom is -0.339 e. The lowest BCUT2D eigenvalue weighted by Gasteiger charge is -2.28. The average molecular weight is 182 g/mol. The summed E-state index contributed by atoms with van der Waals surface area (Å²) in [6.07, 6.45) is 2.14. The molecule has 2 saturated heterocycles. The molecule has 0 saturated carbocycles. The van der Waals surface area contributed by atoms with Crippen LogP contribution in [0.2, 0.25) is 0 Å². The number of nitrogens with one attached hydrogen (secondary N) is 1. The van der Waals surface area contributed by atoms with Crippen molar-refractivity contribution in [3.63, 3.8) is 0 Å². The Kier molecular flexibility index (Phi) is 2.80.